The predicted octanol–water partition coefficient (Wildman–Crippen LogP) is 8.62. The Balaban J connectivity index is 1.62. The number of carboxylic acids is 1. The molecule has 0 saturated heterocycles. The molecular formula is C35H60O4. The molecule has 0 radical (unpaired) electrons. The molecule has 0 bridgehead atoms. The van der Waals surface area contributed by atoms with Crippen LogP contribution < -0.4 is 0 Å². The van der Waals surface area contributed by atoms with Crippen LogP contribution in [0.5, 0.6) is 0 Å². The molecule has 39 heavy (non-hydrogen) atoms. The van der Waals surface area contributed by atoms with Gasteiger partial charge in [-0.1, -0.05) is 48.5 Å². The summed E-state index contributed by atoms with van der Waals surface area (Å²) in [5.41, 5.74) is -0.0564. The van der Waals surface area contributed by atoms with Gasteiger partial charge in [-0.2, -0.15) is 0 Å². The first-order chi connectivity index (χ1) is 18.1. The van der Waals surface area contributed by atoms with Crippen molar-refractivity contribution in [2.75, 3.05) is 6.61 Å². The van der Waals surface area contributed by atoms with Gasteiger partial charge in [0.1, 0.15) is 0 Å². The van der Waals surface area contributed by atoms with Crippen molar-refractivity contribution >= 4 is 5.97 Å². The highest BCUT2D eigenvalue weighted by molar-refractivity contribution is 5.75. The van der Waals surface area contributed by atoms with Crippen LogP contribution in [0.4, 0.5) is 0 Å². The quantitative estimate of drug-likeness (QED) is 0.376. The Bertz CT molecular complexity index is 943. The van der Waals surface area contributed by atoms with Crippen LogP contribution in [-0.4, -0.2) is 36.0 Å². The zero-order valence-corrected chi connectivity index (χ0v) is 26.9. The van der Waals surface area contributed by atoms with Crippen molar-refractivity contribution in [2.45, 2.75) is 145 Å². The zero-order valence-electron chi connectivity index (χ0n) is 26.9. The van der Waals surface area contributed by atoms with E-state index in [1.807, 2.05) is 0 Å². The number of ether oxygens (including phenoxy) is 2. The summed E-state index contributed by atoms with van der Waals surface area (Å²) in [4.78, 5) is 13.1. The molecule has 4 heteroatoms. The minimum absolute atomic E-state index is 0.0328. The van der Waals surface area contributed by atoms with Crippen LogP contribution in [0.25, 0.3) is 0 Å². The lowest BCUT2D eigenvalue weighted by Crippen LogP contribution is -2.72. The third-order valence-electron chi connectivity index (χ3n) is 14.8. The van der Waals surface area contributed by atoms with Gasteiger partial charge in [-0.05, 0) is 130 Å². The van der Waals surface area contributed by atoms with Gasteiger partial charge >= 0.3 is 5.97 Å². The largest absolute Gasteiger partial charge is 0.481 e. The van der Waals surface area contributed by atoms with Crippen LogP contribution in [0.2, 0.25) is 0 Å². The molecule has 0 aromatic heterocycles. The Labute approximate surface area is 239 Å². The second kappa shape index (κ2) is 9.72. The molecule has 5 rings (SSSR count). The van der Waals surface area contributed by atoms with Gasteiger partial charge in [0.15, 0.2) is 0 Å². The van der Waals surface area contributed by atoms with Gasteiger partial charge in [0.05, 0.1) is 23.7 Å². The standard InChI is InChI=1S/C35H60O4/c1-11-38-27-15-16-32(8)25-13-12-24-29-23(5)22(4)14-17-35(29,30(36)37)19-18-33(24,9)34(25,10)28(39-21(2)3)20-26(32)31(27,6)7/h21-29H,11-20H2,1-10H3,(H,36,37). The van der Waals surface area contributed by atoms with Crippen LogP contribution in [0, 0.1) is 62.6 Å². The lowest BCUT2D eigenvalue weighted by atomic mass is 9.30. The topological polar surface area (TPSA) is 55.8 Å². The van der Waals surface area contributed by atoms with Crippen molar-refractivity contribution in [3.63, 3.8) is 0 Å². The van der Waals surface area contributed by atoms with Crippen molar-refractivity contribution in [3.8, 4) is 0 Å². The lowest BCUT2D eigenvalue weighted by Gasteiger charge is -2.75. The van der Waals surface area contributed by atoms with Gasteiger partial charge in [0.2, 0.25) is 0 Å². The van der Waals surface area contributed by atoms with Gasteiger partial charge in [0.25, 0.3) is 0 Å². The van der Waals surface area contributed by atoms with Crippen LogP contribution in [0.15, 0.2) is 0 Å². The summed E-state index contributed by atoms with van der Waals surface area (Å²) in [5, 5.41) is 10.8. The number of carbonyl (C=O) groups is 1. The van der Waals surface area contributed by atoms with Crippen LogP contribution in [-0.2, 0) is 14.3 Å². The Morgan fingerprint density at radius 2 is 1.59 bits per heavy atom. The molecule has 0 aromatic rings. The minimum atomic E-state index is -0.535. The fraction of sp³-hybridized carbons (Fsp3) is 0.971. The summed E-state index contributed by atoms with van der Waals surface area (Å²) in [5.74, 6) is 2.41. The Morgan fingerprint density at radius 3 is 2.21 bits per heavy atom. The number of aliphatic carboxylic acids is 1. The molecule has 12 unspecified atom stereocenters. The zero-order chi connectivity index (χ0) is 28.8. The van der Waals surface area contributed by atoms with Gasteiger partial charge < -0.3 is 14.6 Å². The van der Waals surface area contributed by atoms with E-state index in [0.717, 1.165) is 45.1 Å². The first-order valence-corrected chi connectivity index (χ1v) is 16.6. The molecule has 0 aliphatic heterocycles. The number of hydrogen-bond donors (Lipinski definition) is 1. The highest BCUT2D eigenvalue weighted by Gasteiger charge is 2.74. The van der Waals surface area contributed by atoms with Crippen LogP contribution >= 0.6 is 0 Å². The molecule has 1 N–H and O–H groups in total. The van der Waals surface area contributed by atoms with Crippen molar-refractivity contribution in [1.29, 1.82) is 0 Å². The second-order valence-electron chi connectivity index (χ2n) is 16.6. The summed E-state index contributed by atoms with van der Waals surface area (Å²) in [6, 6.07) is 0. The fourth-order valence-electron chi connectivity index (χ4n) is 12.6. The summed E-state index contributed by atoms with van der Waals surface area (Å²) in [7, 11) is 0. The average Bonchev–Trinajstić information content (AvgIpc) is 2.85. The molecule has 5 fully saturated rings. The Hall–Kier alpha value is -0.610. The molecule has 5 aliphatic carbocycles. The molecule has 0 aromatic carbocycles. The van der Waals surface area contributed by atoms with Crippen molar-refractivity contribution in [2.24, 2.45) is 62.6 Å². The van der Waals surface area contributed by atoms with Crippen molar-refractivity contribution in [1.82, 2.24) is 0 Å². The van der Waals surface area contributed by atoms with E-state index in [0.29, 0.717) is 35.7 Å². The molecular weight excluding hydrogens is 484 g/mol. The summed E-state index contributed by atoms with van der Waals surface area (Å²) < 4.78 is 13.5. The van der Waals surface area contributed by atoms with Gasteiger partial charge in [-0.3, -0.25) is 4.79 Å². The molecule has 0 spiro atoms. The second-order valence-corrected chi connectivity index (χ2v) is 16.6. The summed E-state index contributed by atoms with van der Waals surface area (Å²) in [6.07, 6.45) is 10.4. The Kier molecular flexibility index (Phi) is 7.44. The van der Waals surface area contributed by atoms with Gasteiger partial charge in [-0.25, -0.2) is 0 Å². The number of rotatable bonds is 5. The highest BCUT2D eigenvalue weighted by Crippen LogP contribution is 2.77. The molecule has 0 heterocycles. The van der Waals surface area contributed by atoms with Gasteiger partial charge in [-0.15, -0.1) is 0 Å². The van der Waals surface area contributed by atoms with Crippen molar-refractivity contribution < 1.29 is 19.4 Å². The monoisotopic (exact) mass is 544 g/mol. The first-order valence-electron chi connectivity index (χ1n) is 16.6. The molecule has 4 nitrogen and oxygen atoms in total. The van der Waals surface area contributed by atoms with E-state index in [2.05, 4.69) is 69.2 Å². The molecule has 0 amide bonds. The van der Waals surface area contributed by atoms with E-state index in [-0.39, 0.29) is 39.8 Å². The third kappa shape index (κ3) is 3.91. The number of fused-ring (bicyclic) bond motifs is 7. The normalized spacial score (nSPS) is 52.8. The third-order valence-corrected chi connectivity index (χ3v) is 14.8. The molecule has 5 saturated carbocycles. The molecule has 12 atom stereocenters. The highest BCUT2D eigenvalue weighted by atomic mass is 16.5. The molecule has 224 valence electrons. The maximum absolute atomic E-state index is 13.1. The SMILES string of the molecule is CCOC1CCC2(C)C(CC(OC(C)C)C3(C)C2CCC2C4C(C)C(C)CCC4(C(=O)O)CCC23C)C1(C)C. The van der Waals surface area contributed by atoms with Crippen LogP contribution in [0.3, 0.4) is 0 Å². The van der Waals surface area contributed by atoms with E-state index in [9.17, 15) is 9.90 Å². The van der Waals surface area contributed by atoms with Crippen LogP contribution in [0.1, 0.15) is 127 Å². The summed E-state index contributed by atoms with van der Waals surface area (Å²) in [6.45, 7) is 24.9. The Morgan fingerprint density at radius 1 is 0.897 bits per heavy atom. The van der Waals surface area contributed by atoms with E-state index >= 15 is 0 Å². The maximum Gasteiger partial charge on any atom is 0.309 e. The fourth-order valence-corrected chi connectivity index (χ4v) is 12.6. The number of carboxylic acid groups (broad SMARTS) is 1. The average molecular weight is 545 g/mol. The van der Waals surface area contributed by atoms with E-state index < -0.39 is 11.4 Å². The maximum atomic E-state index is 13.1. The van der Waals surface area contributed by atoms with E-state index in [1.165, 1.54) is 19.3 Å². The van der Waals surface area contributed by atoms with E-state index in [1.54, 1.807) is 0 Å². The van der Waals surface area contributed by atoms with Crippen molar-refractivity contribution in [3.05, 3.63) is 0 Å². The van der Waals surface area contributed by atoms with E-state index in [4.69, 9.17) is 9.47 Å². The lowest BCUT2D eigenvalue weighted by molar-refractivity contribution is -0.303. The minimum Gasteiger partial charge on any atom is -0.481 e. The van der Waals surface area contributed by atoms with Gasteiger partial charge in [0, 0.05) is 12.0 Å². The number of hydrogen-bond acceptors (Lipinski definition) is 3. The predicted molar refractivity (Wildman–Crippen MR) is 157 cm³/mol. The summed E-state index contributed by atoms with van der Waals surface area (Å²) >= 11 is 0. The molecule has 5 aliphatic rings. The first kappa shape index (κ1) is 29.9. The smallest absolute Gasteiger partial charge is 0.309 e.